The van der Waals surface area contributed by atoms with Crippen LogP contribution in [0.1, 0.15) is 12.5 Å². The highest BCUT2D eigenvalue weighted by Crippen LogP contribution is 2.29. The first-order chi connectivity index (χ1) is 7.10. The molecule has 0 aliphatic carbocycles. The van der Waals surface area contributed by atoms with Crippen LogP contribution >= 0.6 is 0 Å². The highest BCUT2D eigenvalue weighted by molar-refractivity contribution is 5.50. The van der Waals surface area contributed by atoms with Gasteiger partial charge in [-0.25, -0.2) is 0 Å². The number of non-ortho nitro benzene ring substituents is 1. The number of aliphatic hydroxyl groups is 1. The lowest BCUT2D eigenvalue weighted by Gasteiger charge is -2.12. The van der Waals surface area contributed by atoms with Crippen LogP contribution in [0.5, 0.6) is 5.75 Å². The maximum absolute atomic E-state index is 10.6. The van der Waals surface area contributed by atoms with Crippen molar-refractivity contribution in [3.63, 3.8) is 0 Å². The molecule has 5 nitrogen and oxygen atoms in total. The van der Waals surface area contributed by atoms with Crippen LogP contribution in [0.25, 0.3) is 0 Å². The smallest absolute Gasteiger partial charge is 0.269 e. The highest BCUT2D eigenvalue weighted by atomic mass is 16.6. The van der Waals surface area contributed by atoms with E-state index in [4.69, 9.17) is 9.84 Å². The molecule has 5 heteroatoms. The van der Waals surface area contributed by atoms with E-state index in [0.717, 1.165) is 0 Å². The second kappa shape index (κ2) is 4.75. The summed E-state index contributed by atoms with van der Waals surface area (Å²) in [5.41, 5.74) is 0.549. The molecule has 0 aliphatic heterocycles. The molecule has 15 heavy (non-hydrogen) atoms. The lowest BCUT2D eigenvalue weighted by Crippen LogP contribution is -2.03. The van der Waals surface area contributed by atoms with Gasteiger partial charge in [0.2, 0.25) is 0 Å². The number of nitro benzene ring substituents is 1. The van der Waals surface area contributed by atoms with Crippen molar-refractivity contribution in [1.29, 1.82) is 0 Å². The molecule has 0 amide bonds. The van der Waals surface area contributed by atoms with Crippen LogP contribution in [-0.4, -0.2) is 23.7 Å². The Bertz CT molecular complexity index is 364. The van der Waals surface area contributed by atoms with Crippen LogP contribution in [0.2, 0.25) is 0 Å². The number of ether oxygens (including phenoxy) is 1. The average molecular weight is 210 g/mol. The van der Waals surface area contributed by atoms with Gasteiger partial charge in [0.05, 0.1) is 18.6 Å². The summed E-state index contributed by atoms with van der Waals surface area (Å²) < 4.78 is 5.05. The van der Waals surface area contributed by atoms with Gasteiger partial charge in [-0.05, 0) is 6.07 Å². The van der Waals surface area contributed by atoms with Gasteiger partial charge in [0.25, 0.3) is 5.69 Å². The standard InChI is InChI=1S/C10H12NO4/c1-7(6-12)9-5-8(11(13)14)3-4-10(9)15-2/h3-5,12H,6H2,1-2H3. The average Bonchev–Trinajstić information content (AvgIpc) is 2.27. The summed E-state index contributed by atoms with van der Waals surface area (Å²) in [7, 11) is 1.48. The summed E-state index contributed by atoms with van der Waals surface area (Å²) in [4.78, 5) is 10.1. The van der Waals surface area contributed by atoms with E-state index < -0.39 is 4.92 Å². The summed E-state index contributed by atoms with van der Waals surface area (Å²) >= 11 is 0. The van der Waals surface area contributed by atoms with E-state index in [0.29, 0.717) is 17.2 Å². The van der Waals surface area contributed by atoms with Crippen LogP contribution in [0, 0.1) is 16.0 Å². The minimum Gasteiger partial charge on any atom is -0.496 e. The zero-order chi connectivity index (χ0) is 11.4. The Labute approximate surface area is 87.5 Å². The van der Waals surface area contributed by atoms with E-state index in [-0.39, 0.29) is 12.3 Å². The van der Waals surface area contributed by atoms with Gasteiger partial charge >= 0.3 is 0 Å². The number of rotatable bonds is 4. The molecular formula is C10H12NO4. The molecule has 0 saturated carbocycles. The molecule has 0 spiro atoms. The highest BCUT2D eigenvalue weighted by Gasteiger charge is 2.16. The molecule has 0 fully saturated rings. The normalized spacial score (nSPS) is 10.4. The minimum absolute atomic E-state index is 0.0152. The molecule has 81 valence electrons. The predicted octanol–water partition coefficient (Wildman–Crippen LogP) is 1.54. The summed E-state index contributed by atoms with van der Waals surface area (Å²) in [5, 5.41) is 19.5. The molecule has 1 aromatic rings. The van der Waals surface area contributed by atoms with E-state index in [1.165, 1.54) is 25.3 Å². The minimum atomic E-state index is -0.479. The number of nitro groups is 1. The molecule has 1 aromatic carbocycles. The summed E-state index contributed by atoms with van der Waals surface area (Å²) in [5.74, 6) is 1.16. The molecule has 1 rings (SSSR count). The Hall–Kier alpha value is -1.62. The first kappa shape index (κ1) is 11.5. The van der Waals surface area contributed by atoms with Crippen molar-refractivity contribution in [3.05, 3.63) is 39.8 Å². The van der Waals surface area contributed by atoms with Crippen LogP contribution in [0.15, 0.2) is 18.2 Å². The number of hydrogen-bond donors (Lipinski definition) is 1. The van der Waals surface area contributed by atoms with Gasteiger partial charge in [-0.3, -0.25) is 10.1 Å². The van der Waals surface area contributed by atoms with E-state index in [9.17, 15) is 10.1 Å². The fourth-order valence-corrected chi connectivity index (χ4v) is 1.23. The quantitative estimate of drug-likeness (QED) is 0.604. The molecule has 0 saturated heterocycles. The third kappa shape index (κ3) is 2.44. The number of methoxy groups -OCH3 is 1. The largest absolute Gasteiger partial charge is 0.496 e. The first-order valence-corrected chi connectivity index (χ1v) is 4.36. The monoisotopic (exact) mass is 210 g/mol. The Morgan fingerprint density at radius 3 is 2.73 bits per heavy atom. The second-order valence-corrected chi connectivity index (χ2v) is 3.08. The molecule has 0 heterocycles. The van der Waals surface area contributed by atoms with Crippen molar-refractivity contribution in [2.45, 2.75) is 6.92 Å². The molecule has 0 bridgehead atoms. The molecule has 0 aliphatic rings. The van der Waals surface area contributed by atoms with Crippen molar-refractivity contribution in [1.82, 2.24) is 0 Å². The van der Waals surface area contributed by atoms with Crippen molar-refractivity contribution in [2.75, 3.05) is 13.7 Å². The lowest BCUT2D eigenvalue weighted by molar-refractivity contribution is -0.384. The van der Waals surface area contributed by atoms with E-state index in [1.54, 1.807) is 6.92 Å². The Morgan fingerprint density at radius 1 is 1.60 bits per heavy atom. The van der Waals surface area contributed by atoms with Crippen LogP contribution < -0.4 is 4.74 Å². The van der Waals surface area contributed by atoms with E-state index in [2.05, 4.69) is 0 Å². The second-order valence-electron chi connectivity index (χ2n) is 3.08. The fraction of sp³-hybridized carbons (Fsp3) is 0.300. The zero-order valence-electron chi connectivity index (χ0n) is 8.56. The maximum atomic E-state index is 10.6. The Kier molecular flexibility index (Phi) is 3.62. The van der Waals surface area contributed by atoms with Gasteiger partial charge in [0.1, 0.15) is 5.75 Å². The van der Waals surface area contributed by atoms with Gasteiger partial charge in [0, 0.05) is 23.6 Å². The Morgan fingerprint density at radius 2 is 2.27 bits per heavy atom. The molecule has 0 atom stereocenters. The number of aliphatic hydroxyl groups excluding tert-OH is 1. The van der Waals surface area contributed by atoms with Gasteiger partial charge in [-0.15, -0.1) is 0 Å². The molecular weight excluding hydrogens is 198 g/mol. The predicted molar refractivity (Wildman–Crippen MR) is 54.8 cm³/mol. The van der Waals surface area contributed by atoms with E-state index >= 15 is 0 Å². The third-order valence-corrected chi connectivity index (χ3v) is 2.09. The van der Waals surface area contributed by atoms with Crippen molar-refractivity contribution >= 4 is 5.69 Å². The fourth-order valence-electron chi connectivity index (χ4n) is 1.23. The van der Waals surface area contributed by atoms with Gasteiger partial charge in [0.15, 0.2) is 0 Å². The summed E-state index contributed by atoms with van der Waals surface area (Å²) in [6.45, 7) is 1.54. The van der Waals surface area contributed by atoms with Gasteiger partial charge in [-0.2, -0.15) is 0 Å². The van der Waals surface area contributed by atoms with Crippen LogP contribution in [0.4, 0.5) is 5.69 Å². The maximum Gasteiger partial charge on any atom is 0.269 e. The molecule has 1 N–H and O–H groups in total. The van der Waals surface area contributed by atoms with Crippen LogP contribution in [-0.2, 0) is 0 Å². The Balaban J connectivity index is 3.18. The molecule has 0 aromatic heterocycles. The summed E-state index contributed by atoms with van der Waals surface area (Å²) in [6.07, 6.45) is 0. The van der Waals surface area contributed by atoms with Crippen molar-refractivity contribution in [2.24, 2.45) is 0 Å². The number of hydrogen-bond acceptors (Lipinski definition) is 4. The number of nitrogens with zero attached hydrogens (tertiary/aromatic N) is 1. The van der Waals surface area contributed by atoms with Gasteiger partial charge in [-0.1, -0.05) is 6.92 Å². The van der Waals surface area contributed by atoms with Crippen molar-refractivity contribution in [3.8, 4) is 5.75 Å². The zero-order valence-corrected chi connectivity index (χ0v) is 8.56. The topological polar surface area (TPSA) is 72.6 Å². The lowest BCUT2D eigenvalue weighted by atomic mass is 10.0. The first-order valence-electron chi connectivity index (χ1n) is 4.36. The molecule has 1 radical (unpaired) electrons. The summed E-state index contributed by atoms with van der Waals surface area (Å²) in [6, 6.07) is 4.28. The molecule has 0 unspecified atom stereocenters. The van der Waals surface area contributed by atoms with Gasteiger partial charge < -0.3 is 9.84 Å². The van der Waals surface area contributed by atoms with Crippen LogP contribution in [0.3, 0.4) is 0 Å². The third-order valence-electron chi connectivity index (χ3n) is 2.09. The van der Waals surface area contributed by atoms with Crippen molar-refractivity contribution < 1.29 is 14.8 Å². The van der Waals surface area contributed by atoms with E-state index in [1.807, 2.05) is 0 Å². The SMILES string of the molecule is COc1ccc([N+](=O)[O-])cc1[C](C)CO. The number of benzene rings is 1.